The van der Waals surface area contributed by atoms with Crippen molar-refractivity contribution in [3.63, 3.8) is 0 Å². The van der Waals surface area contributed by atoms with Gasteiger partial charge in [-0.3, -0.25) is 14.1 Å². The second kappa shape index (κ2) is 12.4. The van der Waals surface area contributed by atoms with E-state index in [0.717, 1.165) is 32.1 Å². The van der Waals surface area contributed by atoms with Gasteiger partial charge in [0.25, 0.3) is 10.1 Å². The van der Waals surface area contributed by atoms with Crippen LogP contribution in [0.1, 0.15) is 58.3 Å². The van der Waals surface area contributed by atoms with Crippen molar-refractivity contribution in [2.45, 2.75) is 58.3 Å². The van der Waals surface area contributed by atoms with E-state index >= 15 is 0 Å². The fraction of sp³-hybridized carbons (Fsp3) is 0.857. The predicted octanol–water partition coefficient (Wildman–Crippen LogP) is 2.10. The van der Waals surface area contributed by atoms with Crippen LogP contribution in [0.5, 0.6) is 0 Å². The molecule has 0 fully saturated rings. The number of unbranched alkanes of at least 4 members (excludes halogenated alkanes) is 4. The molecule has 0 radical (unpaired) electrons. The molecular formula is C14H26O7S. The van der Waals surface area contributed by atoms with Gasteiger partial charge in [-0.15, -0.1) is 0 Å². The second-order valence-electron chi connectivity index (χ2n) is 4.99. The summed E-state index contributed by atoms with van der Waals surface area (Å²) in [5.41, 5.74) is 0. The van der Waals surface area contributed by atoms with Gasteiger partial charge in [-0.25, -0.2) is 0 Å². The fourth-order valence-electron chi connectivity index (χ4n) is 1.69. The Hall–Kier alpha value is -1.15. The maximum atomic E-state index is 11.2. The van der Waals surface area contributed by atoms with Crippen LogP contribution in [0.2, 0.25) is 0 Å². The molecule has 0 aliphatic heterocycles. The molecular weight excluding hydrogens is 312 g/mol. The van der Waals surface area contributed by atoms with Crippen molar-refractivity contribution in [2.24, 2.45) is 0 Å². The molecule has 0 spiro atoms. The Bertz CT molecular complexity index is 417. The van der Waals surface area contributed by atoms with Crippen molar-refractivity contribution in [1.29, 1.82) is 0 Å². The van der Waals surface area contributed by atoms with E-state index in [4.69, 9.17) is 9.29 Å². The zero-order valence-corrected chi connectivity index (χ0v) is 13.9. The minimum atomic E-state index is -4.08. The summed E-state index contributed by atoms with van der Waals surface area (Å²) >= 11 is 0. The van der Waals surface area contributed by atoms with Crippen LogP contribution in [-0.4, -0.2) is 43.9 Å². The highest BCUT2D eigenvalue weighted by atomic mass is 32.2. The number of esters is 2. The first-order valence-electron chi connectivity index (χ1n) is 7.61. The molecule has 0 saturated heterocycles. The molecule has 0 aromatic rings. The van der Waals surface area contributed by atoms with E-state index in [1.54, 1.807) is 0 Å². The molecule has 130 valence electrons. The zero-order valence-electron chi connectivity index (χ0n) is 13.1. The van der Waals surface area contributed by atoms with E-state index in [-0.39, 0.29) is 19.0 Å². The SMILES string of the molecule is CCCOC(=O)CCCCCCCC(=O)OCCS(=O)(=O)O. The summed E-state index contributed by atoms with van der Waals surface area (Å²) in [5, 5.41) is 0. The summed E-state index contributed by atoms with van der Waals surface area (Å²) in [5.74, 6) is -1.21. The van der Waals surface area contributed by atoms with Crippen LogP contribution in [-0.2, 0) is 29.2 Å². The van der Waals surface area contributed by atoms with Gasteiger partial charge in [0.2, 0.25) is 0 Å². The van der Waals surface area contributed by atoms with Gasteiger partial charge in [0, 0.05) is 12.8 Å². The van der Waals surface area contributed by atoms with E-state index in [2.05, 4.69) is 4.74 Å². The predicted molar refractivity (Wildman–Crippen MR) is 80.9 cm³/mol. The van der Waals surface area contributed by atoms with Crippen molar-refractivity contribution >= 4 is 22.1 Å². The minimum absolute atomic E-state index is 0.163. The van der Waals surface area contributed by atoms with E-state index in [1.807, 2.05) is 6.92 Å². The minimum Gasteiger partial charge on any atom is -0.466 e. The number of rotatable bonds is 13. The van der Waals surface area contributed by atoms with Crippen molar-refractivity contribution in [2.75, 3.05) is 19.0 Å². The summed E-state index contributed by atoms with van der Waals surface area (Å²) in [6, 6.07) is 0. The lowest BCUT2D eigenvalue weighted by Gasteiger charge is -2.04. The topological polar surface area (TPSA) is 107 Å². The third-order valence-corrected chi connectivity index (χ3v) is 3.52. The summed E-state index contributed by atoms with van der Waals surface area (Å²) in [6.07, 6.45) is 5.58. The van der Waals surface area contributed by atoms with Crippen LogP contribution >= 0.6 is 0 Å². The fourth-order valence-corrected chi connectivity index (χ4v) is 1.98. The summed E-state index contributed by atoms with van der Waals surface area (Å²) in [4.78, 5) is 22.5. The standard InChI is InChI=1S/C14H26O7S/c1-2-10-20-13(15)8-6-4-3-5-7-9-14(16)21-11-12-22(17,18)19/h2-12H2,1H3,(H,17,18,19). The summed E-state index contributed by atoms with van der Waals surface area (Å²) < 4.78 is 38.9. The molecule has 0 unspecified atom stereocenters. The number of carbonyl (C=O) groups excluding carboxylic acids is 2. The van der Waals surface area contributed by atoms with Gasteiger partial charge < -0.3 is 9.47 Å². The lowest BCUT2D eigenvalue weighted by Crippen LogP contribution is -2.14. The lowest BCUT2D eigenvalue weighted by atomic mass is 10.1. The van der Waals surface area contributed by atoms with Crippen molar-refractivity contribution in [1.82, 2.24) is 0 Å². The van der Waals surface area contributed by atoms with Gasteiger partial charge in [-0.05, 0) is 19.3 Å². The Balaban J connectivity index is 3.38. The first kappa shape index (κ1) is 20.9. The first-order chi connectivity index (χ1) is 10.3. The molecule has 7 nitrogen and oxygen atoms in total. The maximum Gasteiger partial charge on any atom is 0.305 e. The van der Waals surface area contributed by atoms with Crippen LogP contribution in [0.4, 0.5) is 0 Å². The number of carbonyl (C=O) groups is 2. The van der Waals surface area contributed by atoms with Crippen LogP contribution in [0, 0.1) is 0 Å². The normalized spacial score (nSPS) is 11.2. The molecule has 0 atom stereocenters. The maximum absolute atomic E-state index is 11.2. The molecule has 0 aromatic heterocycles. The Morgan fingerprint density at radius 1 is 0.864 bits per heavy atom. The molecule has 0 rings (SSSR count). The third-order valence-electron chi connectivity index (χ3n) is 2.83. The van der Waals surface area contributed by atoms with Crippen LogP contribution in [0.15, 0.2) is 0 Å². The molecule has 0 aromatic carbocycles. The van der Waals surface area contributed by atoms with Crippen molar-refractivity contribution in [3.05, 3.63) is 0 Å². The van der Waals surface area contributed by atoms with Crippen LogP contribution in [0.25, 0.3) is 0 Å². The highest BCUT2D eigenvalue weighted by molar-refractivity contribution is 7.85. The third kappa shape index (κ3) is 15.2. The molecule has 0 heterocycles. The largest absolute Gasteiger partial charge is 0.466 e. The molecule has 0 saturated carbocycles. The molecule has 0 aliphatic rings. The van der Waals surface area contributed by atoms with Gasteiger partial charge in [0.15, 0.2) is 0 Å². The molecule has 1 N–H and O–H groups in total. The van der Waals surface area contributed by atoms with E-state index < -0.39 is 21.8 Å². The second-order valence-corrected chi connectivity index (χ2v) is 6.57. The Labute approximate surface area is 132 Å². The number of ether oxygens (including phenoxy) is 2. The van der Waals surface area contributed by atoms with E-state index in [1.165, 1.54) is 0 Å². The average Bonchev–Trinajstić information content (AvgIpc) is 2.42. The smallest absolute Gasteiger partial charge is 0.305 e. The summed E-state index contributed by atoms with van der Waals surface area (Å²) in [7, 11) is -4.08. The molecule has 0 bridgehead atoms. The summed E-state index contributed by atoms with van der Waals surface area (Å²) in [6.45, 7) is 2.09. The van der Waals surface area contributed by atoms with Gasteiger partial charge in [0.05, 0.1) is 6.61 Å². The lowest BCUT2D eigenvalue weighted by molar-refractivity contribution is -0.144. The van der Waals surface area contributed by atoms with Crippen LogP contribution < -0.4 is 0 Å². The van der Waals surface area contributed by atoms with Gasteiger partial charge in [-0.2, -0.15) is 8.42 Å². The zero-order chi connectivity index (χ0) is 16.8. The highest BCUT2D eigenvalue weighted by Gasteiger charge is 2.08. The van der Waals surface area contributed by atoms with Gasteiger partial charge in [-0.1, -0.05) is 26.2 Å². The van der Waals surface area contributed by atoms with Crippen molar-refractivity contribution in [3.8, 4) is 0 Å². The van der Waals surface area contributed by atoms with Crippen LogP contribution in [0.3, 0.4) is 0 Å². The number of hydrogen-bond donors (Lipinski definition) is 1. The van der Waals surface area contributed by atoms with E-state index in [9.17, 15) is 18.0 Å². The molecule has 22 heavy (non-hydrogen) atoms. The van der Waals surface area contributed by atoms with Gasteiger partial charge in [0.1, 0.15) is 12.4 Å². The number of hydrogen-bond acceptors (Lipinski definition) is 6. The molecule has 8 heteroatoms. The molecule has 0 amide bonds. The first-order valence-corrected chi connectivity index (χ1v) is 9.22. The quantitative estimate of drug-likeness (QED) is 0.311. The Morgan fingerprint density at radius 2 is 1.32 bits per heavy atom. The monoisotopic (exact) mass is 338 g/mol. The average molecular weight is 338 g/mol. The highest BCUT2D eigenvalue weighted by Crippen LogP contribution is 2.08. The van der Waals surface area contributed by atoms with Crippen molar-refractivity contribution < 1.29 is 32.0 Å². The Kier molecular flexibility index (Phi) is 11.8. The van der Waals surface area contributed by atoms with E-state index in [0.29, 0.717) is 19.4 Å². The van der Waals surface area contributed by atoms with Gasteiger partial charge >= 0.3 is 11.9 Å². The Morgan fingerprint density at radius 3 is 1.77 bits per heavy atom. The molecule has 0 aliphatic carbocycles.